The molecule has 0 saturated heterocycles. The summed E-state index contributed by atoms with van der Waals surface area (Å²) in [5.41, 5.74) is 1.34. The van der Waals surface area contributed by atoms with Crippen LogP contribution in [0.25, 0.3) is 10.9 Å². The second-order valence-electron chi connectivity index (χ2n) is 7.12. The Kier molecular flexibility index (Phi) is 8.93. The molecule has 0 spiro atoms. The van der Waals surface area contributed by atoms with Crippen LogP contribution in [0.3, 0.4) is 0 Å². The maximum atomic E-state index is 14.2. The first kappa shape index (κ1) is 26.1. The van der Waals surface area contributed by atoms with Crippen LogP contribution in [0.15, 0.2) is 55.0 Å². The fourth-order valence-electron chi connectivity index (χ4n) is 3.23. The molecule has 36 heavy (non-hydrogen) atoms. The Bertz CT molecular complexity index is 1330. The van der Waals surface area contributed by atoms with Crippen molar-refractivity contribution in [1.82, 2.24) is 9.97 Å². The number of hydrogen-bond acceptors (Lipinski definition) is 8. The molecule has 0 atom stereocenters. The Morgan fingerprint density at radius 3 is 2.22 bits per heavy atom. The molecule has 0 unspecified atom stereocenters. The molecule has 0 fully saturated rings. The fourth-order valence-corrected chi connectivity index (χ4v) is 3.23. The number of methoxy groups -OCH3 is 2. The number of nitrogens with one attached hydrogen (secondary N) is 1. The lowest BCUT2D eigenvalue weighted by Crippen LogP contribution is -1.98. The Morgan fingerprint density at radius 2 is 1.64 bits per heavy atom. The van der Waals surface area contributed by atoms with Crippen molar-refractivity contribution < 1.29 is 32.5 Å². The van der Waals surface area contributed by atoms with Crippen LogP contribution in [0.2, 0.25) is 0 Å². The number of pyridine rings is 2. The number of carbonyl (C=O) groups is 1. The van der Waals surface area contributed by atoms with Gasteiger partial charge in [-0.3, -0.25) is 14.8 Å². The van der Waals surface area contributed by atoms with E-state index >= 15 is 0 Å². The quantitative estimate of drug-likeness (QED) is 0.312. The highest BCUT2D eigenvalue weighted by Crippen LogP contribution is 2.38. The highest BCUT2D eigenvalue weighted by Gasteiger charge is 2.17. The number of anilines is 1. The summed E-state index contributed by atoms with van der Waals surface area (Å²) in [6.45, 7) is 2.28. The zero-order valence-corrected chi connectivity index (χ0v) is 20.2. The molecule has 4 rings (SSSR count). The standard InChI is InChI=1S/C19H18F2N2O3.C7H7NO2/c1-4-25-18-9-12-15(10-17(18)24-3)23-6-5-16(12)26-19-13(20)7-11(22-2)8-14(19)21;1-10-7-2-3-8-4-6(7)5-9/h5-10,22H,4H2,1-3H3;2-5H,1H3. The van der Waals surface area contributed by atoms with Crippen LogP contribution in [0, 0.1) is 11.6 Å². The minimum atomic E-state index is -0.808. The molecule has 2 heterocycles. The van der Waals surface area contributed by atoms with Crippen molar-refractivity contribution in [1.29, 1.82) is 0 Å². The molecule has 0 radical (unpaired) electrons. The van der Waals surface area contributed by atoms with Crippen LogP contribution in [0.1, 0.15) is 17.3 Å². The molecule has 0 aliphatic heterocycles. The number of rotatable bonds is 8. The number of aromatic nitrogens is 2. The molecule has 0 bridgehead atoms. The van der Waals surface area contributed by atoms with Gasteiger partial charge in [0.15, 0.2) is 35.2 Å². The normalized spacial score (nSPS) is 10.2. The van der Waals surface area contributed by atoms with Crippen LogP contribution in [-0.4, -0.2) is 44.1 Å². The Morgan fingerprint density at radius 1 is 0.944 bits per heavy atom. The smallest absolute Gasteiger partial charge is 0.198 e. The second-order valence-corrected chi connectivity index (χ2v) is 7.12. The van der Waals surface area contributed by atoms with Gasteiger partial charge >= 0.3 is 0 Å². The third kappa shape index (κ3) is 5.96. The van der Waals surface area contributed by atoms with Gasteiger partial charge in [-0.2, -0.15) is 0 Å². The maximum absolute atomic E-state index is 14.2. The van der Waals surface area contributed by atoms with Crippen LogP contribution >= 0.6 is 0 Å². The van der Waals surface area contributed by atoms with Crippen LogP contribution < -0.4 is 24.3 Å². The Hall–Kier alpha value is -4.47. The van der Waals surface area contributed by atoms with E-state index < -0.39 is 17.4 Å². The number of halogens is 2. The minimum Gasteiger partial charge on any atom is -0.496 e. The number of carbonyl (C=O) groups excluding carboxylic acids is 1. The van der Waals surface area contributed by atoms with Gasteiger partial charge in [-0.05, 0) is 25.1 Å². The molecule has 0 saturated carbocycles. The molecule has 10 heteroatoms. The van der Waals surface area contributed by atoms with Gasteiger partial charge in [0.1, 0.15) is 11.5 Å². The molecule has 1 N–H and O–H groups in total. The van der Waals surface area contributed by atoms with Gasteiger partial charge in [0.25, 0.3) is 0 Å². The lowest BCUT2D eigenvalue weighted by atomic mass is 10.1. The molecule has 188 valence electrons. The van der Waals surface area contributed by atoms with Gasteiger partial charge in [0.05, 0.1) is 31.9 Å². The largest absolute Gasteiger partial charge is 0.496 e. The highest BCUT2D eigenvalue weighted by atomic mass is 19.1. The molecule has 8 nitrogen and oxygen atoms in total. The number of aldehydes is 1. The summed E-state index contributed by atoms with van der Waals surface area (Å²) < 4.78 is 49.7. The zero-order valence-electron chi connectivity index (χ0n) is 20.2. The van der Waals surface area contributed by atoms with Crippen LogP contribution in [-0.2, 0) is 0 Å². The van der Waals surface area contributed by atoms with Crippen molar-refractivity contribution in [2.45, 2.75) is 6.92 Å². The van der Waals surface area contributed by atoms with Crippen molar-refractivity contribution in [3.8, 4) is 28.7 Å². The summed E-state index contributed by atoms with van der Waals surface area (Å²) in [6, 6.07) is 8.87. The van der Waals surface area contributed by atoms with Gasteiger partial charge in [-0.25, -0.2) is 8.78 Å². The summed E-state index contributed by atoms with van der Waals surface area (Å²) in [6.07, 6.45) is 5.25. The van der Waals surface area contributed by atoms with Crippen LogP contribution in [0.4, 0.5) is 14.5 Å². The van der Waals surface area contributed by atoms with E-state index in [0.717, 1.165) is 12.1 Å². The first-order valence-electron chi connectivity index (χ1n) is 10.8. The van der Waals surface area contributed by atoms with E-state index in [1.54, 1.807) is 31.4 Å². The molecular formula is C26H25F2N3O5. The number of fused-ring (bicyclic) bond motifs is 1. The van der Waals surface area contributed by atoms with Crippen molar-refractivity contribution in [3.05, 3.63) is 72.2 Å². The lowest BCUT2D eigenvalue weighted by Gasteiger charge is -2.14. The third-order valence-electron chi connectivity index (χ3n) is 4.94. The summed E-state index contributed by atoms with van der Waals surface area (Å²) in [5.74, 6) is -0.272. The van der Waals surface area contributed by atoms with E-state index in [9.17, 15) is 13.6 Å². The second kappa shape index (κ2) is 12.3. The Labute approximate surface area is 206 Å². The van der Waals surface area contributed by atoms with Gasteiger partial charge in [0.2, 0.25) is 0 Å². The SMILES string of the molecule is CCOc1cc2c(Oc3c(F)cc(NC)cc3F)ccnc2cc1OC.COc1ccncc1C=O. The molecule has 0 aliphatic rings. The summed E-state index contributed by atoms with van der Waals surface area (Å²) >= 11 is 0. The Balaban J connectivity index is 0.000000303. The minimum absolute atomic E-state index is 0.258. The molecule has 0 amide bonds. The number of nitrogens with zero attached hydrogens (tertiary/aromatic N) is 2. The number of benzene rings is 2. The molecule has 0 aliphatic carbocycles. The number of hydrogen-bond donors (Lipinski definition) is 1. The van der Waals surface area contributed by atoms with Crippen molar-refractivity contribution >= 4 is 22.9 Å². The molecule has 2 aromatic carbocycles. The van der Waals surface area contributed by atoms with E-state index in [1.165, 1.54) is 32.7 Å². The van der Waals surface area contributed by atoms with E-state index in [-0.39, 0.29) is 5.75 Å². The average molecular weight is 497 g/mol. The van der Waals surface area contributed by atoms with Crippen LogP contribution in [0.5, 0.6) is 28.7 Å². The first-order chi connectivity index (χ1) is 17.4. The molecule has 2 aromatic heterocycles. The first-order valence-corrected chi connectivity index (χ1v) is 10.8. The predicted molar refractivity (Wildman–Crippen MR) is 132 cm³/mol. The van der Waals surface area contributed by atoms with Crippen molar-refractivity contribution in [3.63, 3.8) is 0 Å². The summed E-state index contributed by atoms with van der Waals surface area (Å²) in [7, 11) is 4.62. The highest BCUT2D eigenvalue weighted by molar-refractivity contribution is 5.88. The predicted octanol–water partition coefficient (Wildman–Crippen LogP) is 5.66. The van der Waals surface area contributed by atoms with E-state index in [2.05, 4.69) is 15.3 Å². The van der Waals surface area contributed by atoms with Crippen molar-refractivity contribution in [2.75, 3.05) is 33.2 Å². The van der Waals surface area contributed by atoms with E-state index in [4.69, 9.17) is 18.9 Å². The van der Waals surface area contributed by atoms with Crippen molar-refractivity contribution in [2.24, 2.45) is 0 Å². The maximum Gasteiger partial charge on any atom is 0.198 e. The lowest BCUT2D eigenvalue weighted by molar-refractivity contribution is 0.112. The zero-order chi connectivity index (χ0) is 26.1. The number of ether oxygens (including phenoxy) is 4. The molecule has 4 aromatic rings. The summed E-state index contributed by atoms with van der Waals surface area (Å²) in [5, 5.41) is 3.24. The van der Waals surface area contributed by atoms with Gasteiger partial charge in [-0.1, -0.05) is 0 Å². The average Bonchev–Trinajstić information content (AvgIpc) is 2.90. The monoisotopic (exact) mass is 497 g/mol. The topological polar surface area (TPSA) is 91.8 Å². The summed E-state index contributed by atoms with van der Waals surface area (Å²) in [4.78, 5) is 18.3. The van der Waals surface area contributed by atoms with Gasteiger partial charge in [0, 0.05) is 54.9 Å². The van der Waals surface area contributed by atoms with E-state index in [0.29, 0.717) is 52.3 Å². The van der Waals surface area contributed by atoms with E-state index in [1.807, 2.05) is 6.92 Å². The molecular weight excluding hydrogens is 472 g/mol. The fraction of sp³-hybridized carbons (Fsp3) is 0.192. The van der Waals surface area contributed by atoms with Gasteiger partial charge in [-0.15, -0.1) is 0 Å². The van der Waals surface area contributed by atoms with Gasteiger partial charge < -0.3 is 24.3 Å². The third-order valence-corrected chi connectivity index (χ3v) is 4.94.